The minimum Gasteiger partial charge on any atom is -0.256 e. The third kappa shape index (κ3) is 17.3. The second-order valence-corrected chi connectivity index (χ2v) is 23.8. The molecule has 0 radical (unpaired) electrons. The van der Waals surface area contributed by atoms with Gasteiger partial charge in [-0.05, 0) is 133 Å². The molecule has 0 saturated heterocycles. The van der Waals surface area contributed by atoms with Crippen molar-refractivity contribution in [2.45, 2.75) is 51.4 Å². The van der Waals surface area contributed by atoms with Gasteiger partial charge in [0, 0.05) is 46.0 Å². The van der Waals surface area contributed by atoms with Gasteiger partial charge in [-0.1, -0.05) is 100.0 Å². The van der Waals surface area contributed by atoms with E-state index in [0.29, 0.717) is 0 Å². The molecule has 2 aliphatic rings. The molecule has 0 bridgehead atoms. The van der Waals surface area contributed by atoms with Crippen molar-refractivity contribution in [3.05, 3.63) is 181 Å². The smallest absolute Gasteiger partial charge is 0.256 e. The molecule has 0 saturated carbocycles. The third-order valence-electron chi connectivity index (χ3n) is 10.6. The molecular weight excluding hydrogens is 1390 g/mol. The van der Waals surface area contributed by atoms with Gasteiger partial charge in [0.05, 0.1) is 22.8 Å². The number of aromatic nitrogens is 4. The third-order valence-corrected chi connectivity index (χ3v) is 16.0. The monoisotopic (exact) mass is 1440 g/mol. The first kappa shape index (κ1) is 57.4. The summed E-state index contributed by atoms with van der Waals surface area (Å²) in [5.41, 5.74) is 10.7. The maximum absolute atomic E-state index is 10.7. The van der Waals surface area contributed by atoms with Crippen molar-refractivity contribution in [3.63, 3.8) is 0 Å². The van der Waals surface area contributed by atoms with Crippen LogP contribution in [0.4, 0.5) is 50.4 Å². The molecule has 70 heavy (non-hydrogen) atoms. The van der Waals surface area contributed by atoms with Gasteiger partial charge in [-0.2, -0.15) is 0 Å². The predicted octanol–water partition coefficient (Wildman–Crippen LogP) is 19.3. The zero-order chi connectivity index (χ0) is 48.9. The fourth-order valence-electron chi connectivity index (χ4n) is 8.38. The van der Waals surface area contributed by atoms with E-state index in [1.165, 1.54) is 79.7 Å². The molecule has 0 spiro atoms. The quantitative estimate of drug-likeness (QED) is 0.0946. The fourth-order valence-corrected chi connectivity index (χ4v) is 14.3. The van der Waals surface area contributed by atoms with Crippen molar-refractivity contribution in [1.82, 2.24) is 19.9 Å². The van der Waals surface area contributed by atoms with Gasteiger partial charge in [0.15, 0.2) is 0 Å². The molecule has 0 unspecified atom stereocenters. The Morgan fingerprint density at radius 2 is 0.500 bits per heavy atom. The summed E-state index contributed by atoms with van der Waals surface area (Å²) in [7, 11) is -22.6. The molecule has 0 N–H and O–H groups in total. The number of fused-ring (bicyclic) bond motifs is 2. The van der Waals surface area contributed by atoms with Crippen LogP contribution in [0.2, 0.25) is 0 Å². The molecule has 6 aromatic heterocycles. The minimum atomic E-state index is -10.7. The van der Waals surface area contributed by atoms with Gasteiger partial charge in [0.25, 0.3) is 0 Å². The van der Waals surface area contributed by atoms with Gasteiger partial charge in [-0.25, -0.2) is 0 Å². The average molecular weight is 1440 g/mol. The minimum absolute atomic E-state index is 0. The topological polar surface area (TPSA) is 51.6 Å². The first-order valence-corrected chi connectivity index (χ1v) is 27.9. The first-order valence-electron chi connectivity index (χ1n) is 21.2. The molecular formula is C48H42F12N4P4Tl2. The van der Waals surface area contributed by atoms with Crippen molar-refractivity contribution in [1.29, 1.82) is 0 Å². The predicted molar refractivity (Wildman–Crippen MR) is 266 cm³/mol. The van der Waals surface area contributed by atoms with E-state index in [1.54, 1.807) is 0 Å². The molecule has 0 aliphatic heterocycles. The van der Waals surface area contributed by atoms with E-state index >= 15 is 0 Å². The summed E-state index contributed by atoms with van der Waals surface area (Å²) in [6, 6.07) is 47.1. The van der Waals surface area contributed by atoms with Crippen molar-refractivity contribution in [2.75, 3.05) is 0 Å². The summed E-state index contributed by atoms with van der Waals surface area (Å²) in [6.07, 6.45) is 17.4. The van der Waals surface area contributed by atoms with E-state index < -0.39 is 30.7 Å². The van der Waals surface area contributed by atoms with Crippen LogP contribution in [0.3, 0.4) is 0 Å². The summed E-state index contributed by atoms with van der Waals surface area (Å²) >= 11 is 0. The summed E-state index contributed by atoms with van der Waals surface area (Å²) in [5.74, 6) is 0. The maximum Gasteiger partial charge on any atom is 1.00 e. The molecule has 0 fully saturated rings. The van der Waals surface area contributed by atoms with Crippen LogP contribution >= 0.6 is 30.7 Å². The molecule has 0 amide bonds. The van der Waals surface area contributed by atoms with Crippen molar-refractivity contribution in [3.8, 4) is 54.6 Å². The Labute approximate surface area is 438 Å². The van der Waals surface area contributed by atoms with E-state index in [0.717, 1.165) is 48.5 Å². The molecule has 6 heterocycles. The molecule has 4 nitrogen and oxygen atoms in total. The van der Waals surface area contributed by atoms with Crippen molar-refractivity contribution < 1.29 is 50.4 Å². The van der Waals surface area contributed by atoms with Crippen molar-refractivity contribution in [2.24, 2.45) is 0 Å². The zero-order valence-electron chi connectivity index (χ0n) is 36.9. The summed E-state index contributed by atoms with van der Waals surface area (Å²) < 4.78 is 118. The molecule has 0 atom stereocenters. The van der Waals surface area contributed by atoms with Crippen LogP contribution in [-0.2, 0) is 25.7 Å². The summed E-state index contributed by atoms with van der Waals surface area (Å²) in [5, 5.41) is 8.59. The Hall–Kier alpha value is -3.54. The SMILES string of the molecule is F[P-](F)(F)(F)(F)F.F[P-](F)(F)(F)(F)F.[Tl+].[Tl+].c1ccc(-p2c(-c3ccccn3)c3c(c2-c2ccccn2)CCCC3)cc1.c1ccc(-p2c(-c3ccccn3)c3c(c2-c2ccccn2)CCCC3)cc1. The van der Waals surface area contributed by atoms with E-state index in [2.05, 4.69) is 109 Å². The number of nitrogens with zero attached hydrogens (tertiary/aromatic N) is 4. The zero-order valence-corrected chi connectivity index (χ0v) is 49.5. The number of rotatable bonds is 6. The van der Waals surface area contributed by atoms with Crippen LogP contribution in [0.5, 0.6) is 0 Å². The Bertz CT molecular complexity index is 2610. The van der Waals surface area contributed by atoms with Gasteiger partial charge in [-0.15, -0.1) is 0 Å². The number of hydrogen-bond acceptors (Lipinski definition) is 4. The molecule has 8 aromatic rings. The van der Waals surface area contributed by atoms with E-state index in [1.807, 2.05) is 49.1 Å². The summed E-state index contributed by atoms with van der Waals surface area (Å²) in [6.45, 7) is 0. The Morgan fingerprint density at radius 1 is 0.300 bits per heavy atom. The number of halogens is 12. The summed E-state index contributed by atoms with van der Waals surface area (Å²) in [4.78, 5) is 19.1. The van der Waals surface area contributed by atoms with Gasteiger partial charge in [0.1, 0.15) is 0 Å². The Morgan fingerprint density at radius 3 is 0.686 bits per heavy atom. The number of hydrogen-bond donors (Lipinski definition) is 0. The maximum atomic E-state index is 9.87. The van der Waals surface area contributed by atoms with Crippen LogP contribution in [0, 0.1) is 0 Å². The standard InChI is InChI=1S/2C24H21N2P.2F6P.2Tl/c2*1-2-10-18(11-3-1)27-23(21-14-6-8-16-25-21)19-12-4-5-13-20(19)24(27)22-15-7-9-17-26-22;2*1-7(2,3,4,5)6;;/h2*1-3,6-11,14-17H,4-5,12-13H2;;;;/q;;2*-1;2*+1. The second-order valence-electron chi connectivity index (χ2n) is 15.8. The fraction of sp³-hybridized carbons (Fsp3) is 0.167. The average Bonchev–Trinajstić information content (AvgIpc) is 3.83. The Kier molecular flexibility index (Phi) is 17.6. The largest absolute Gasteiger partial charge is 1.00 e. The van der Waals surface area contributed by atoms with Crippen LogP contribution < -0.4 is 0 Å². The first-order chi connectivity index (χ1) is 31.8. The molecule has 22 heteroatoms. The van der Waals surface area contributed by atoms with Crippen LogP contribution in [0.25, 0.3) is 54.6 Å². The van der Waals surface area contributed by atoms with E-state index in [4.69, 9.17) is 19.9 Å². The van der Waals surface area contributed by atoms with Crippen molar-refractivity contribution >= 4 is 85.3 Å². The van der Waals surface area contributed by atoms with E-state index in [9.17, 15) is 50.4 Å². The number of pyridine rings is 4. The van der Waals surface area contributed by atoms with Crippen LogP contribution in [0.1, 0.15) is 47.9 Å². The second kappa shape index (κ2) is 21.5. The van der Waals surface area contributed by atoms with E-state index in [-0.39, 0.29) is 54.6 Å². The molecule has 2 aliphatic carbocycles. The number of benzene rings is 2. The van der Waals surface area contributed by atoms with Crippen LogP contribution in [-0.4, -0.2) is 74.5 Å². The molecule has 2 aromatic carbocycles. The van der Waals surface area contributed by atoms with Gasteiger partial charge >= 0.3 is 121 Å². The van der Waals surface area contributed by atoms with Crippen LogP contribution in [0.15, 0.2) is 158 Å². The Balaban J connectivity index is 0.000000201. The molecule has 364 valence electrons. The molecule has 10 rings (SSSR count). The normalized spacial score (nSPS) is 14.9. The van der Waals surface area contributed by atoms with Gasteiger partial charge in [0.2, 0.25) is 0 Å². The van der Waals surface area contributed by atoms with Gasteiger partial charge < -0.3 is 0 Å². The van der Waals surface area contributed by atoms with Gasteiger partial charge in [-0.3, -0.25) is 19.9 Å².